The quantitative estimate of drug-likeness (QED) is 0.420. The van der Waals surface area contributed by atoms with Crippen LogP contribution in [0.25, 0.3) is 0 Å². The number of carbonyl (C=O) groups is 1. The van der Waals surface area contributed by atoms with Crippen LogP contribution >= 0.6 is 23.4 Å². The summed E-state index contributed by atoms with van der Waals surface area (Å²) in [7, 11) is 0. The van der Waals surface area contributed by atoms with Crippen LogP contribution in [0.1, 0.15) is 24.6 Å². The van der Waals surface area contributed by atoms with Gasteiger partial charge in [-0.15, -0.1) is 11.8 Å². The molecule has 0 spiro atoms. The second-order valence-corrected chi connectivity index (χ2v) is 8.16. The third kappa shape index (κ3) is 5.91. The number of nitrogens with zero attached hydrogens (tertiary/aromatic N) is 2. The van der Waals surface area contributed by atoms with E-state index in [2.05, 4.69) is 29.8 Å². The molecule has 2 aromatic carbocycles. The lowest BCUT2D eigenvalue weighted by Gasteiger charge is -2.23. The van der Waals surface area contributed by atoms with E-state index in [0.29, 0.717) is 12.3 Å². The van der Waals surface area contributed by atoms with Crippen molar-refractivity contribution in [2.75, 3.05) is 12.3 Å². The fraction of sp³-hybridized carbons (Fsp3) is 0.261. The lowest BCUT2D eigenvalue weighted by atomic mass is 10.2. The van der Waals surface area contributed by atoms with Gasteiger partial charge in [-0.3, -0.25) is 4.79 Å². The number of carbonyl (C=O) groups excluding carboxylic acids is 1. The molecular weight excluding hydrogens is 388 g/mol. The second kappa shape index (κ2) is 10.4. The molecule has 0 radical (unpaired) electrons. The van der Waals surface area contributed by atoms with E-state index in [4.69, 9.17) is 11.6 Å². The molecule has 146 valence electrons. The maximum Gasteiger partial charge on any atom is 0.233 e. The molecule has 0 N–H and O–H groups in total. The summed E-state index contributed by atoms with van der Waals surface area (Å²) in [5, 5.41) is 0.743. The summed E-state index contributed by atoms with van der Waals surface area (Å²) in [4.78, 5) is 15.9. The van der Waals surface area contributed by atoms with E-state index in [-0.39, 0.29) is 5.91 Å². The van der Waals surface area contributed by atoms with Gasteiger partial charge in [0.25, 0.3) is 0 Å². The molecule has 1 aromatic heterocycles. The molecule has 0 aliphatic heterocycles. The number of hydrogen-bond donors (Lipinski definition) is 0. The normalized spacial score (nSPS) is 10.8. The number of rotatable bonds is 9. The molecule has 1 heterocycles. The first kappa shape index (κ1) is 20.6. The zero-order valence-electron chi connectivity index (χ0n) is 16.1. The van der Waals surface area contributed by atoms with Crippen LogP contribution in [0.4, 0.5) is 0 Å². The van der Waals surface area contributed by atoms with Crippen LogP contribution in [0.3, 0.4) is 0 Å². The van der Waals surface area contributed by atoms with Crippen LogP contribution in [0.5, 0.6) is 0 Å². The third-order valence-corrected chi connectivity index (χ3v) is 5.70. The van der Waals surface area contributed by atoms with Gasteiger partial charge < -0.3 is 9.47 Å². The molecule has 5 heteroatoms. The van der Waals surface area contributed by atoms with Crippen molar-refractivity contribution in [2.24, 2.45) is 0 Å². The Morgan fingerprint density at radius 1 is 1.07 bits per heavy atom. The fourth-order valence-corrected chi connectivity index (χ4v) is 4.12. The Hall–Kier alpha value is -2.17. The van der Waals surface area contributed by atoms with Gasteiger partial charge in [-0.25, -0.2) is 0 Å². The summed E-state index contributed by atoms with van der Waals surface area (Å²) < 4.78 is 2.19. The van der Waals surface area contributed by atoms with Gasteiger partial charge in [-0.1, -0.05) is 48.9 Å². The predicted molar refractivity (Wildman–Crippen MR) is 118 cm³/mol. The first-order valence-electron chi connectivity index (χ1n) is 9.50. The minimum absolute atomic E-state index is 0.172. The van der Waals surface area contributed by atoms with E-state index in [0.717, 1.165) is 40.7 Å². The van der Waals surface area contributed by atoms with E-state index >= 15 is 0 Å². The Kier molecular flexibility index (Phi) is 7.63. The molecule has 3 nitrogen and oxygen atoms in total. The molecule has 0 saturated carbocycles. The number of amides is 1. The molecule has 3 rings (SSSR count). The average Bonchev–Trinajstić information content (AvgIpc) is 3.13. The molecule has 0 aliphatic rings. The van der Waals surface area contributed by atoms with Crippen molar-refractivity contribution in [2.45, 2.75) is 31.3 Å². The van der Waals surface area contributed by atoms with Gasteiger partial charge in [0.05, 0.1) is 12.3 Å². The molecule has 0 fully saturated rings. The van der Waals surface area contributed by atoms with Crippen LogP contribution in [0.2, 0.25) is 5.02 Å². The van der Waals surface area contributed by atoms with Crippen molar-refractivity contribution >= 4 is 29.3 Å². The van der Waals surface area contributed by atoms with Crippen LogP contribution in [0, 0.1) is 0 Å². The monoisotopic (exact) mass is 412 g/mol. The SMILES string of the molecule is CCCN(Cc1cccn1Cc1cccc(Cl)c1)C(=O)CSc1ccccc1. The predicted octanol–water partition coefficient (Wildman–Crippen LogP) is 5.72. The first-order chi connectivity index (χ1) is 13.7. The van der Waals surface area contributed by atoms with Crippen LogP contribution in [0.15, 0.2) is 77.8 Å². The van der Waals surface area contributed by atoms with Gasteiger partial charge in [0.15, 0.2) is 0 Å². The summed E-state index contributed by atoms with van der Waals surface area (Å²) in [6.45, 7) is 4.23. The van der Waals surface area contributed by atoms with Crippen molar-refractivity contribution in [1.29, 1.82) is 0 Å². The Bertz CT molecular complexity index is 894. The lowest BCUT2D eigenvalue weighted by Crippen LogP contribution is -2.33. The summed E-state index contributed by atoms with van der Waals surface area (Å²) in [5.41, 5.74) is 2.28. The highest BCUT2D eigenvalue weighted by atomic mass is 35.5. The number of aromatic nitrogens is 1. The van der Waals surface area contributed by atoms with Crippen LogP contribution in [-0.2, 0) is 17.9 Å². The minimum atomic E-state index is 0.172. The molecule has 28 heavy (non-hydrogen) atoms. The maximum atomic E-state index is 12.8. The zero-order chi connectivity index (χ0) is 19.8. The Morgan fingerprint density at radius 3 is 2.64 bits per heavy atom. The Morgan fingerprint density at radius 2 is 1.89 bits per heavy atom. The van der Waals surface area contributed by atoms with Gasteiger partial charge in [-0.05, 0) is 48.4 Å². The molecular formula is C23H25ClN2OS. The summed E-state index contributed by atoms with van der Waals surface area (Å²) >= 11 is 7.70. The molecule has 0 bridgehead atoms. The molecule has 3 aromatic rings. The van der Waals surface area contributed by atoms with Crippen molar-refractivity contribution in [3.8, 4) is 0 Å². The molecule has 0 aliphatic carbocycles. The van der Waals surface area contributed by atoms with E-state index in [1.54, 1.807) is 11.8 Å². The highest BCUT2D eigenvalue weighted by Crippen LogP contribution is 2.19. The number of hydrogen-bond acceptors (Lipinski definition) is 2. The van der Waals surface area contributed by atoms with E-state index in [1.807, 2.05) is 59.5 Å². The zero-order valence-corrected chi connectivity index (χ0v) is 17.6. The topological polar surface area (TPSA) is 25.2 Å². The number of thioether (sulfide) groups is 1. The van der Waals surface area contributed by atoms with E-state index in [9.17, 15) is 4.79 Å². The summed E-state index contributed by atoms with van der Waals surface area (Å²) in [6.07, 6.45) is 3.00. The highest BCUT2D eigenvalue weighted by molar-refractivity contribution is 8.00. The van der Waals surface area contributed by atoms with E-state index < -0.39 is 0 Å². The summed E-state index contributed by atoms with van der Waals surface area (Å²) in [5.74, 6) is 0.630. The van der Waals surface area contributed by atoms with Crippen LogP contribution < -0.4 is 0 Å². The standard InChI is InChI=1S/C23H25ClN2OS/c1-2-13-26(23(27)18-28-22-11-4-3-5-12-22)17-21-10-7-14-25(21)16-19-8-6-9-20(24)15-19/h3-12,14-15H,2,13,16-18H2,1H3. The fourth-order valence-electron chi connectivity index (χ4n) is 3.09. The maximum absolute atomic E-state index is 12.8. The van der Waals surface area contributed by atoms with E-state index in [1.165, 1.54) is 0 Å². The van der Waals surface area contributed by atoms with Crippen molar-refractivity contribution < 1.29 is 4.79 Å². The summed E-state index contributed by atoms with van der Waals surface area (Å²) in [6, 6.07) is 22.1. The van der Waals surface area contributed by atoms with Crippen molar-refractivity contribution in [3.05, 3.63) is 89.2 Å². The molecule has 0 saturated heterocycles. The Labute approximate surface area is 176 Å². The largest absolute Gasteiger partial charge is 0.345 e. The van der Waals surface area contributed by atoms with Crippen LogP contribution in [-0.4, -0.2) is 27.7 Å². The first-order valence-corrected chi connectivity index (χ1v) is 10.9. The third-order valence-electron chi connectivity index (χ3n) is 4.47. The van der Waals surface area contributed by atoms with Gasteiger partial charge in [0.2, 0.25) is 5.91 Å². The smallest absolute Gasteiger partial charge is 0.233 e. The highest BCUT2D eigenvalue weighted by Gasteiger charge is 2.15. The van der Waals surface area contributed by atoms with Crippen molar-refractivity contribution in [1.82, 2.24) is 9.47 Å². The molecule has 1 amide bonds. The lowest BCUT2D eigenvalue weighted by molar-refractivity contribution is -0.129. The van der Waals surface area contributed by atoms with Gasteiger partial charge in [0, 0.05) is 34.9 Å². The van der Waals surface area contributed by atoms with Crippen molar-refractivity contribution in [3.63, 3.8) is 0 Å². The molecule has 0 atom stereocenters. The Balaban J connectivity index is 1.65. The minimum Gasteiger partial charge on any atom is -0.345 e. The number of benzene rings is 2. The second-order valence-electron chi connectivity index (χ2n) is 6.67. The molecule has 0 unspecified atom stereocenters. The van der Waals surface area contributed by atoms with Gasteiger partial charge in [-0.2, -0.15) is 0 Å². The van der Waals surface area contributed by atoms with Gasteiger partial charge >= 0.3 is 0 Å². The number of halogens is 1. The average molecular weight is 413 g/mol. The van der Waals surface area contributed by atoms with Gasteiger partial charge in [0.1, 0.15) is 0 Å².